The highest BCUT2D eigenvalue weighted by Gasteiger charge is 2.32. The van der Waals surface area contributed by atoms with E-state index in [1.807, 2.05) is 26.8 Å². The number of phenolic OH excluding ortho intramolecular Hbond substituents is 1. The lowest BCUT2D eigenvalue weighted by Crippen LogP contribution is -2.07. The predicted molar refractivity (Wildman–Crippen MR) is 110 cm³/mol. The third kappa shape index (κ3) is 5.50. The molecule has 7 nitrogen and oxygen atoms in total. The standard InChI is InChI=1S/C20H27N2O5P/c1-5-9-18(6-2)28(24,27-22-16-10-8-11-21-14-16)26-17-12-15(4)20(23)19(13-17)25-7-3/h8-14,22-23H,5-7H2,1-4H3/b18-9+. The molecule has 0 aliphatic carbocycles. The molecule has 2 rings (SSSR count). The number of nitrogens with zero attached hydrogens (tertiary/aromatic N) is 1. The minimum absolute atomic E-state index is 0.0262. The summed E-state index contributed by atoms with van der Waals surface area (Å²) in [5.74, 6) is 0.575. The molecule has 0 amide bonds. The highest BCUT2D eigenvalue weighted by Crippen LogP contribution is 2.57. The predicted octanol–water partition coefficient (Wildman–Crippen LogP) is 5.81. The van der Waals surface area contributed by atoms with Crippen LogP contribution in [0.15, 0.2) is 48.0 Å². The van der Waals surface area contributed by atoms with E-state index in [1.165, 1.54) is 6.07 Å². The Morgan fingerprint density at radius 3 is 2.71 bits per heavy atom. The Bertz CT molecular complexity index is 855. The zero-order valence-electron chi connectivity index (χ0n) is 16.6. The number of rotatable bonds is 10. The number of benzene rings is 1. The van der Waals surface area contributed by atoms with Crippen molar-refractivity contribution in [1.29, 1.82) is 0 Å². The van der Waals surface area contributed by atoms with Crippen molar-refractivity contribution in [2.45, 2.75) is 40.5 Å². The minimum Gasteiger partial charge on any atom is -0.504 e. The summed E-state index contributed by atoms with van der Waals surface area (Å²) in [7, 11) is -3.72. The number of aromatic nitrogens is 1. The first kappa shape index (κ1) is 21.8. The van der Waals surface area contributed by atoms with E-state index in [2.05, 4.69) is 10.5 Å². The highest BCUT2D eigenvalue weighted by molar-refractivity contribution is 7.58. The molecule has 1 atom stereocenters. The molecular weight excluding hydrogens is 379 g/mol. The van der Waals surface area contributed by atoms with Crippen molar-refractivity contribution in [1.82, 2.24) is 4.98 Å². The first-order valence-corrected chi connectivity index (χ1v) is 10.8. The molecular formula is C20H27N2O5P. The first-order valence-electron chi connectivity index (χ1n) is 9.23. The van der Waals surface area contributed by atoms with Gasteiger partial charge in [0.25, 0.3) is 0 Å². The lowest BCUT2D eigenvalue weighted by molar-refractivity contribution is 0.310. The third-order valence-corrected chi connectivity index (χ3v) is 5.85. The Hall–Kier alpha value is -2.50. The molecule has 0 bridgehead atoms. The minimum atomic E-state index is -3.72. The van der Waals surface area contributed by atoms with E-state index in [0.29, 0.717) is 36.0 Å². The normalized spacial score (nSPS) is 13.6. The molecule has 0 spiro atoms. The average Bonchev–Trinajstić information content (AvgIpc) is 2.69. The molecule has 8 heteroatoms. The van der Waals surface area contributed by atoms with Crippen molar-refractivity contribution in [3.05, 3.63) is 53.6 Å². The van der Waals surface area contributed by atoms with Crippen molar-refractivity contribution in [2.75, 3.05) is 12.1 Å². The van der Waals surface area contributed by atoms with E-state index in [1.54, 1.807) is 37.5 Å². The van der Waals surface area contributed by atoms with Crippen LogP contribution >= 0.6 is 7.60 Å². The fourth-order valence-electron chi connectivity index (χ4n) is 2.53. The molecule has 1 heterocycles. The number of phenols is 1. The van der Waals surface area contributed by atoms with E-state index < -0.39 is 7.60 Å². The number of aromatic hydroxyl groups is 1. The molecule has 1 aromatic heterocycles. The van der Waals surface area contributed by atoms with Gasteiger partial charge in [-0.2, -0.15) is 4.62 Å². The Kier molecular flexibility index (Phi) is 7.91. The van der Waals surface area contributed by atoms with E-state index in [4.69, 9.17) is 13.9 Å². The van der Waals surface area contributed by atoms with E-state index in [9.17, 15) is 9.67 Å². The van der Waals surface area contributed by atoms with Crippen molar-refractivity contribution in [2.24, 2.45) is 0 Å². The zero-order valence-corrected chi connectivity index (χ0v) is 17.5. The molecule has 1 aromatic carbocycles. The van der Waals surface area contributed by atoms with Crippen LogP contribution in [0.5, 0.6) is 17.2 Å². The first-order chi connectivity index (χ1) is 13.4. The lowest BCUT2D eigenvalue weighted by Gasteiger charge is -2.22. The Labute approximate surface area is 165 Å². The topological polar surface area (TPSA) is 89.9 Å². The Balaban J connectivity index is 2.36. The molecule has 2 aromatic rings. The summed E-state index contributed by atoms with van der Waals surface area (Å²) in [4.78, 5) is 3.99. The fraction of sp³-hybridized carbons (Fsp3) is 0.350. The summed E-state index contributed by atoms with van der Waals surface area (Å²) in [6.07, 6.45) is 6.20. The number of hydrogen-bond donors (Lipinski definition) is 2. The van der Waals surface area contributed by atoms with Gasteiger partial charge in [0.1, 0.15) is 5.75 Å². The van der Waals surface area contributed by atoms with Gasteiger partial charge in [-0.15, -0.1) is 0 Å². The van der Waals surface area contributed by atoms with Gasteiger partial charge in [-0.05, 0) is 50.5 Å². The van der Waals surface area contributed by atoms with E-state index in [-0.39, 0.29) is 17.2 Å². The third-order valence-electron chi connectivity index (χ3n) is 3.86. The summed E-state index contributed by atoms with van der Waals surface area (Å²) in [6, 6.07) is 6.57. The summed E-state index contributed by atoms with van der Waals surface area (Å²) < 4.78 is 30.5. The van der Waals surface area contributed by atoms with Gasteiger partial charge >= 0.3 is 7.60 Å². The van der Waals surface area contributed by atoms with Crippen molar-refractivity contribution in [3.63, 3.8) is 0 Å². The average molecular weight is 406 g/mol. The van der Waals surface area contributed by atoms with E-state index >= 15 is 0 Å². The molecule has 2 N–H and O–H groups in total. The number of nitrogens with one attached hydrogen (secondary N) is 1. The SMILES string of the molecule is CC/C=C(\CC)P(=O)(ONc1cccnc1)Oc1cc(C)c(O)c(OCC)c1. The summed E-state index contributed by atoms with van der Waals surface area (Å²) in [6.45, 7) is 7.74. The van der Waals surface area contributed by atoms with Crippen LogP contribution in [-0.4, -0.2) is 16.7 Å². The van der Waals surface area contributed by atoms with Crippen molar-refractivity contribution >= 4 is 13.3 Å². The zero-order chi connectivity index (χ0) is 20.6. The van der Waals surface area contributed by atoms with Gasteiger partial charge in [0, 0.05) is 12.3 Å². The maximum absolute atomic E-state index is 13.6. The highest BCUT2D eigenvalue weighted by atomic mass is 31.2. The van der Waals surface area contributed by atoms with Crippen LogP contribution < -0.4 is 14.7 Å². The van der Waals surface area contributed by atoms with Crippen LogP contribution in [-0.2, 0) is 9.19 Å². The second-order valence-corrected chi connectivity index (χ2v) is 7.94. The number of pyridine rings is 1. The van der Waals surface area contributed by atoms with Gasteiger partial charge in [0.05, 0.1) is 23.8 Å². The number of allylic oxidation sites excluding steroid dienone is 2. The Morgan fingerprint density at radius 2 is 2.11 bits per heavy atom. The van der Waals surface area contributed by atoms with Gasteiger partial charge in [0.2, 0.25) is 0 Å². The van der Waals surface area contributed by atoms with Crippen LogP contribution in [0.1, 0.15) is 39.2 Å². The summed E-state index contributed by atoms with van der Waals surface area (Å²) >= 11 is 0. The maximum Gasteiger partial charge on any atom is 0.427 e. The molecule has 0 saturated heterocycles. The molecule has 0 saturated carbocycles. The van der Waals surface area contributed by atoms with Crippen LogP contribution in [0.3, 0.4) is 0 Å². The smallest absolute Gasteiger partial charge is 0.427 e. The van der Waals surface area contributed by atoms with Crippen LogP contribution in [0.25, 0.3) is 0 Å². The number of hydrogen-bond acceptors (Lipinski definition) is 7. The lowest BCUT2D eigenvalue weighted by atomic mass is 10.2. The van der Waals surface area contributed by atoms with Gasteiger partial charge in [-0.25, -0.2) is 4.57 Å². The maximum atomic E-state index is 13.6. The second kappa shape index (κ2) is 10.2. The van der Waals surface area contributed by atoms with Gasteiger partial charge in [-0.1, -0.05) is 19.9 Å². The molecule has 0 radical (unpaired) electrons. The second-order valence-electron chi connectivity index (χ2n) is 6.00. The largest absolute Gasteiger partial charge is 0.504 e. The van der Waals surface area contributed by atoms with Crippen LogP contribution in [0.2, 0.25) is 0 Å². The van der Waals surface area contributed by atoms with Crippen molar-refractivity contribution in [3.8, 4) is 17.2 Å². The molecule has 0 fully saturated rings. The Morgan fingerprint density at radius 1 is 1.32 bits per heavy atom. The number of anilines is 1. The molecule has 0 aliphatic heterocycles. The van der Waals surface area contributed by atoms with E-state index in [0.717, 1.165) is 0 Å². The summed E-state index contributed by atoms with van der Waals surface area (Å²) in [5, 5.41) is 10.7. The van der Waals surface area contributed by atoms with Crippen LogP contribution in [0, 0.1) is 6.92 Å². The molecule has 1 unspecified atom stereocenters. The summed E-state index contributed by atoms with van der Waals surface area (Å²) in [5.41, 5.74) is 3.77. The molecule has 28 heavy (non-hydrogen) atoms. The monoisotopic (exact) mass is 406 g/mol. The number of ether oxygens (including phenoxy) is 1. The molecule has 0 aliphatic rings. The fourth-order valence-corrected chi connectivity index (χ4v) is 4.20. The van der Waals surface area contributed by atoms with Crippen molar-refractivity contribution < 1.29 is 23.6 Å². The molecule has 152 valence electrons. The quantitative estimate of drug-likeness (QED) is 0.380. The van der Waals surface area contributed by atoms with Gasteiger partial charge in [-0.3, -0.25) is 10.5 Å². The number of aryl methyl sites for hydroxylation is 1. The van der Waals surface area contributed by atoms with Gasteiger partial charge in [0.15, 0.2) is 11.5 Å². The van der Waals surface area contributed by atoms with Crippen LogP contribution in [0.4, 0.5) is 5.69 Å². The van der Waals surface area contributed by atoms with Gasteiger partial charge < -0.3 is 14.4 Å².